The van der Waals surface area contributed by atoms with Gasteiger partial charge in [0.25, 0.3) is 11.8 Å². The van der Waals surface area contributed by atoms with Gasteiger partial charge in [-0.05, 0) is 56.7 Å². The Balaban J connectivity index is 1.63. The molecule has 0 spiro atoms. The quantitative estimate of drug-likeness (QED) is 0.400. The Morgan fingerprint density at radius 1 is 1.14 bits per heavy atom. The van der Waals surface area contributed by atoms with E-state index in [1.807, 2.05) is 13.8 Å². The molecule has 1 saturated heterocycles. The van der Waals surface area contributed by atoms with Gasteiger partial charge < -0.3 is 27.0 Å². The number of nitrogen functional groups attached to an aromatic ring is 1. The maximum absolute atomic E-state index is 14.7. The predicted molar refractivity (Wildman–Crippen MR) is 139 cm³/mol. The third-order valence-electron chi connectivity index (χ3n) is 5.88. The predicted octanol–water partition coefficient (Wildman–Crippen LogP) is 3.13. The molecule has 1 aromatic carbocycles. The number of benzene rings is 1. The molecular weight excluding hydrogens is 480 g/mol. The number of rotatable bonds is 6. The first-order valence-corrected chi connectivity index (χ1v) is 11.9. The van der Waals surface area contributed by atoms with Gasteiger partial charge in [-0.1, -0.05) is 0 Å². The van der Waals surface area contributed by atoms with Crippen LogP contribution in [0.15, 0.2) is 48.8 Å². The molecule has 1 aliphatic heterocycles. The Morgan fingerprint density at radius 2 is 1.92 bits per heavy atom. The van der Waals surface area contributed by atoms with Crippen LogP contribution in [0.2, 0.25) is 0 Å². The molecule has 11 heteroatoms. The van der Waals surface area contributed by atoms with E-state index in [0.717, 1.165) is 0 Å². The summed E-state index contributed by atoms with van der Waals surface area (Å²) < 4.78 is 28.9. The van der Waals surface area contributed by atoms with Gasteiger partial charge in [-0.15, -0.1) is 0 Å². The van der Waals surface area contributed by atoms with Crippen molar-refractivity contribution in [1.82, 2.24) is 15.3 Å². The third-order valence-corrected chi connectivity index (χ3v) is 5.88. The average molecular weight is 510 g/mol. The maximum atomic E-state index is 14.7. The molecule has 0 aliphatic carbocycles. The number of piperidine rings is 1. The van der Waals surface area contributed by atoms with E-state index in [-0.39, 0.29) is 59.2 Å². The fourth-order valence-electron chi connectivity index (χ4n) is 4.22. The zero-order valence-corrected chi connectivity index (χ0v) is 20.5. The van der Waals surface area contributed by atoms with Crippen molar-refractivity contribution in [1.29, 1.82) is 0 Å². The Kier molecular flexibility index (Phi) is 7.63. The van der Waals surface area contributed by atoms with Gasteiger partial charge in [-0.2, -0.15) is 0 Å². The standard InChI is InChI=1S/C26H29F2N7O2/c1-14(2)32-25(36)15-3-4-19(28)18(9-15)21-6-5-20(30)24(33-21)26(37)34-22-11-31-8-7-23(22)35-12-16(27)10-17(29)13-35/h3-9,11,14,16-17H,10,12-13,29-30H2,1-2H3,(H,32,36)(H,34,37)/t16-,17+/m1/s1. The summed E-state index contributed by atoms with van der Waals surface area (Å²) in [5.74, 6) is -1.62. The van der Waals surface area contributed by atoms with E-state index >= 15 is 0 Å². The van der Waals surface area contributed by atoms with Crippen LogP contribution in [0.1, 0.15) is 41.1 Å². The number of carbonyl (C=O) groups is 2. The summed E-state index contributed by atoms with van der Waals surface area (Å²) in [5, 5.41) is 5.49. The number of nitrogens with one attached hydrogen (secondary N) is 2. The van der Waals surface area contributed by atoms with Gasteiger partial charge in [0.1, 0.15) is 12.0 Å². The molecule has 3 aromatic rings. The Morgan fingerprint density at radius 3 is 2.65 bits per heavy atom. The van der Waals surface area contributed by atoms with Gasteiger partial charge in [-0.3, -0.25) is 14.6 Å². The Bertz CT molecular complexity index is 1310. The average Bonchev–Trinajstić information content (AvgIpc) is 2.84. The van der Waals surface area contributed by atoms with E-state index in [4.69, 9.17) is 11.5 Å². The highest BCUT2D eigenvalue weighted by molar-refractivity contribution is 6.08. The molecular formula is C26H29F2N7O2. The SMILES string of the molecule is CC(C)NC(=O)c1ccc(F)c(-c2ccc(N)c(C(=O)Nc3cnccc3N3C[C@@H](N)C[C@@H](F)C3)n2)c1. The first kappa shape index (κ1) is 26.0. The lowest BCUT2D eigenvalue weighted by molar-refractivity contribution is 0.0942. The molecule has 1 fully saturated rings. The van der Waals surface area contributed by atoms with Crippen molar-refractivity contribution in [3.8, 4) is 11.3 Å². The van der Waals surface area contributed by atoms with Gasteiger partial charge in [0.05, 0.1) is 29.0 Å². The molecule has 0 radical (unpaired) electrons. The van der Waals surface area contributed by atoms with E-state index < -0.39 is 17.9 Å². The van der Waals surface area contributed by atoms with Crippen molar-refractivity contribution >= 4 is 28.9 Å². The van der Waals surface area contributed by atoms with E-state index in [0.29, 0.717) is 17.9 Å². The summed E-state index contributed by atoms with van der Waals surface area (Å²) >= 11 is 0. The van der Waals surface area contributed by atoms with Crippen molar-refractivity contribution in [2.24, 2.45) is 5.73 Å². The molecule has 2 atom stereocenters. The second-order valence-corrected chi connectivity index (χ2v) is 9.30. The van der Waals surface area contributed by atoms with Gasteiger partial charge in [-0.25, -0.2) is 13.8 Å². The van der Waals surface area contributed by atoms with Crippen LogP contribution >= 0.6 is 0 Å². The number of alkyl halides is 1. The van der Waals surface area contributed by atoms with E-state index in [2.05, 4.69) is 20.6 Å². The number of halogens is 2. The van der Waals surface area contributed by atoms with Gasteiger partial charge in [0.2, 0.25) is 0 Å². The summed E-state index contributed by atoms with van der Waals surface area (Å²) in [6.45, 7) is 4.19. The largest absolute Gasteiger partial charge is 0.397 e. The normalized spacial score (nSPS) is 17.5. The maximum Gasteiger partial charge on any atom is 0.276 e. The molecule has 0 unspecified atom stereocenters. The number of hydrogen-bond acceptors (Lipinski definition) is 7. The molecule has 2 amide bonds. The van der Waals surface area contributed by atoms with Crippen LogP contribution in [0.25, 0.3) is 11.3 Å². The first-order valence-electron chi connectivity index (χ1n) is 11.9. The summed E-state index contributed by atoms with van der Waals surface area (Å²) in [5.41, 5.74) is 13.3. The van der Waals surface area contributed by atoms with Crippen molar-refractivity contribution < 1.29 is 18.4 Å². The highest BCUT2D eigenvalue weighted by Crippen LogP contribution is 2.30. The van der Waals surface area contributed by atoms with Crippen molar-refractivity contribution in [2.45, 2.75) is 38.5 Å². The molecule has 0 bridgehead atoms. The number of aromatic nitrogens is 2. The smallest absolute Gasteiger partial charge is 0.276 e. The fraction of sp³-hybridized carbons (Fsp3) is 0.308. The van der Waals surface area contributed by atoms with Crippen molar-refractivity contribution in [3.63, 3.8) is 0 Å². The minimum Gasteiger partial charge on any atom is -0.397 e. The van der Waals surface area contributed by atoms with Crippen LogP contribution in [0.4, 0.5) is 25.8 Å². The number of nitrogens with zero attached hydrogens (tertiary/aromatic N) is 3. The third kappa shape index (κ3) is 6.00. The molecule has 2 aromatic heterocycles. The number of amides is 2. The van der Waals surface area contributed by atoms with Crippen molar-refractivity contribution in [2.75, 3.05) is 29.0 Å². The summed E-state index contributed by atoms with van der Waals surface area (Å²) in [6.07, 6.45) is 2.16. The molecule has 4 rings (SSSR count). The summed E-state index contributed by atoms with van der Waals surface area (Å²) in [4.78, 5) is 35.7. The summed E-state index contributed by atoms with van der Waals surface area (Å²) in [6, 6.07) is 8.06. The van der Waals surface area contributed by atoms with E-state index in [1.165, 1.54) is 42.7 Å². The molecule has 1 aliphatic rings. The molecule has 9 nitrogen and oxygen atoms in total. The number of pyridine rings is 2. The number of carbonyl (C=O) groups excluding carboxylic acids is 2. The lowest BCUT2D eigenvalue weighted by Crippen LogP contribution is -2.48. The molecule has 0 saturated carbocycles. The monoisotopic (exact) mass is 509 g/mol. The lowest BCUT2D eigenvalue weighted by Gasteiger charge is -2.35. The van der Waals surface area contributed by atoms with Crippen LogP contribution < -0.4 is 27.0 Å². The van der Waals surface area contributed by atoms with Crippen molar-refractivity contribution in [3.05, 3.63) is 65.9 Å². The second kappa shape index (κ2) is 10.9. The highest BCUT2D eigenvalue weighted by Gasteiger charge is 2.27. The minimum absolute atomic E-state index is 0.0452. The lowest BCUT2D eigenvalue weighted by atomic mass is 10.0. The zero-order valence-electron chi connectivity index (χ0n) is 20.5. The first-order chi connectivity index (χ1) is 17.6. The summed E-state index contributed by atoms with van der Waals surface area (Å²) in [7, 11) is 0. The minimum atomic E-state index is -1.09. The molecule has 6 N–H and O–H groups in total. The molecule has 194 valence electrons. The van der Waals surface area contributed by atoms with E-state index in [9.17, 15) is 18.4 Å². The topological polar surface area (TPSA) is 139 Å². The zero-order chi connectivity index (χ0) is 26.7. The van der Waals surface area contributed by atoms with Crippen LogP contribution in [0.3, 0.4) is 0 Å². The molecule has 37 heavy (non-hydrogen) atoms. The highest BCUT2D eigenvalue weighted by atomic mass is 19.1. The second-order valence-electron chi connectivity index (χ2n) is 9.30. The Labute approximate surface area is 213 Å². The van der Waals surface area contributed by atoms with Crippen LogP contribution in [0, 0.1) is 5.82 Å². The van der Waals surface area contributed by atoms with Gasteiger partial charge in [0, 0.05) is 42.5 Å². The number of anilines is 3. The fourth-order valence-corrected chi connectivity index (χ4v) is 4.22. The number of hydrogen-bond donors (Lipinski definition) is 4. The van der Waals surface area contributed by atoms with Gasteiger partial charge >= 0.3 is 0 Å². The van der Waals surface area contributed by atoms with E-state index in [1.54, 1.807) is 11.0 Å². The van der Waals surface area contributed by atoms with Crippen LogP contribution in [0.5, 0.6) is 0 Å². The van der Waals surface area contributed by atoms with Crippen LogP contribution in [-0.2, 0) is 0 Å². The number of nitrogens with two attached hydrogens (primary N) is 2. The van der Waals surface area contributed by atoms with Gasteiger partial charge in [0.15, 0.2) is 5.69 Å². The Hall–Kier alpha value is -4.12. The van der Waals surface area contributed by atoms with Crippen LogP contribution in [-0.4, -0.2) is 53.1 Å². The molecule has 3 heterocycles.